The minimum Gasteiger partial charge on any atom is -0.391 e. The highest BCUT2D eigenvalue weighted by Gasteiger charge is 2.44. The van der Waals surface area contributed by atoms with E-state index < -0.39 is 11.5 Å². The quantitative estimate of drug-likeness (QED) is 0.875. The van der Waals surface area contributed by atoms with E-state index in [0.29, 0.717) is 5.92 Å². The summed E-state index contributed by atoms with van der Waals surface area (Å²) in [6.45, 7) is 5.11. The molecule has 1 aliphatic carbocycles. The summed E-state index contributed by atoms with van der Waals surface area (Å²) in [5, 5.41) is 3.29. The Morgan fingerprint density at radius 3 is 3.05 bits per heavy atom. The molecule has 22 heavy (non-hydrogen) atoms. The van der Waals surface area contributed by atoms with Crippen molar-refractivity contribution in [2.45, 2.75) is 38.7 Å². The molecule has 1 aliphatic rings. The Kier molecular flexibility index (Phi) is 5.19. The average molecular weight is 303 g/mol. The Morgan fingerprint density at radius 1 is 1.64 bits per heavy atom. The van der Waals surface area contributed by atoms with Crippen LogP contribution in [0.1, 0.15) is 49.2 Å². The molecule has 3 N–H and O–H groups in total. The first kappa shape index (κ1) is 16.5. The summed E-state index contributed by atoms with van der Waals surface area (Å²) in [6.07, 6.45) is 6.87. The molecule has 2 unspecified atom stereocenters. The molecular formula is C17H25N3O2. The Bertz CT molecular complexity index is 571. The maximum Gasteiger partial charge on any atom is 0.267 e. The topological polar surface area (TPSA) is 77.2 Å². The van der Waals surface area contributed by atoms with E-state index in [-0.39, 0.29) is 5.69 Å². The van der Waals surface area contributed by atoms with Crippen LogP contribution >= 0.6 is 0 Å². The van der Waals surface area contributed by atoms with Crippen molar-refractivity contribution < 1.29 is 9.53 Å². The van der Waals surface area contributed by atoms with E-state index in [1.54, 1.807) is 19.4 Å². The van der Waals surface area contributed by atoms with E-state index in [4.69, 9.17) is 10.5 Å². The number of carbonyl (C=O) groups excluding carboxylic acids is 1. The summed E-state index contributed by atoms with van der Waals surface area (Å²) in [7, 11) is 1.73. The van der Waals surface area contributed by atoms with Gasteiger partial charge in [-0.15, -0.1) is 0 Å². The van der Waals surface area contributed by atoms with Crippen molar-refractivity contribution in [3.63, 3.8) is 0 Å². The first-order valence-corrected chi connectivity index (χ1v) is 7.80. The fourth-order valence-electron chi connectivity index (χ4n) is 3.43. The summed E-state index contributed by atoms with van der Waals surface area (Å²) in [4.78, 5) is 15.5. The maximum absolute atomic E-state index is 11.5. The number of amides is 1. The Morgan fingerprint density at radius 2 is 2.41 bits per heavy atom. The summed E-state index contributed by atoms with van der Waals surface area (Å²) in [6, 6.07) is 3.67. The Hall–Kier alpha value is -1.88. The number of nitrogens with one attached hydrogen (secondary N) is 1. The third-order valence-electron chi connectivity index (χ3n) is 4.50. The van der Waals surface area contributed by atoms with Gasteiger partial charge >= 0.3 is 0 Å². The molecular weight excluding hydrogens is 278 g/mol. The van der Waals surface area contributed by atoms with Crippen LogP contribution in [0.5, 0.6) is 0 Å². The first-order valence-electron chi connectivity index (χ1n) is 7.80. The molecule has 5 heteroatoms. The molecule has 1 heterocycles. The molecule has 0 aliphatic heterocycles. The summed E-state index contributed by atoms with van der Waals surface area (Å²) in [5.41, 5.74) is 7.26. The number of pyridine rings is 1. The molecule has 0 bridgehead atoms. The number of aromatic nitrogens is 1. The third kappa shape index (κ3) is 2.86. The zero-order chi connectivity index (χ0) is 16.2. The molecule has 1 aromatic heterocycles. The SMILES string of the molecule is CCN/C=C1\CCCC(C)C1(OC)c1ccnc(C(N)=O)c1. The minimum atomic E-state index is -0.534. The molecule has 0 aromatic carbocycles. The highest BCUT2D eigenvalue weighted by atomic mass is 16.5. The van der Waals surface area contributed by atoms with E-state index in [1.165, 1.54) is 5.57 Å². The van der Waals surface area contributed by atoms with Gasteiger partial charge in [-0.25, -0.2) is 0 Å². The second kappa shape index (κ2) is 6.92. The van der Waals surface area contributed by atoms with E-state index in [1.807, 2.05) is 6.07 Å². The monoisotopic (exact) mass is 303 g/mol. The van der Waals surface area contributed by atoms with Crippen LogP contribution in [-0.2, 0) is 10.3 Å². The molecule has 120 valence electrons. The van der Waals surface area contributed by atoms with Crippen LogP contribution in [0.4, 0.5) is 0 Å². The zero-order valence-electron chi connectivity index (χ0n) is 13.6. The fourth-order valence-corrected chi connectivity index (χ4v) is 3.43. The minimum absolute atomic E-state index is 0.273. The molecule has 2 rings (SSSR count). The molecule has 1 aromatic rings. The lowest BCUT2D eigenvalue weighted by atomic mass is 9.69. The molecule has 1 saturated carbocycles. The van der Waals surface area contributed by atoms with Gasteiger partial charge in [0.2, 0.25) is 0 Å². The van der Waals surface area contributed by atoms with E-state index in [9.17, 15) is 4.79 Å². The summed E-state index contributed by atoms with van der Waals surface area (Å²) >= 11 is 0. The van der Waals surface area contributed by atoms with Crippen LogP contribution < -0.4 is 11.1 Å². The van der Waals surface area contributed by atoms with Crippen LogP contribution in [0.15, 0.2) is 30.1 Å². The molecule has 1 fully saturated rings. The number of carbonyl (C=O) groups is 1. The summed E-state index contributed by atoms with van der Waals surface area (Å²) in [5.74, 6) is -0.215. The number of rotatable bonds is 5. The van der Waals surface area contributed by atoms with Crippen LogP contribution in [0.2, 0.25) is 0 Å². The zero-order valence-corrected chi connectivity index (χ0v) is 13.6. The lowest BCUT2D eigenvalue weighted by molar-refractivity contribution is -0.0434. The van der Waals surface area contributed by atoms with Gasteiger partial charge in [-0.3, -0.25) is 9.78 Å². The van der Waals surface area contributed by atoms with Crippen LogP contribution in [0.25, 0.3) is 0 Å². The number of hydrogen-bond donors (Lipinski definition) is 2. The average Bonchev–Trinajstić information content (AvgIpc) is 2.53. The van der Waals surface area contributed by atoms with E-state index in [2.05, 4.69) is 30.3 Å². The normalized spacial score (nSPS) is 26.9. The highest BCUT2D eigenvalue weighted by molar-refractivity contribution is 5.90. The van der Waals surface area contributed by atoms with Gasteiger partial charge in [0.05, 0.1) is 0 Å². The van der Waals surface area contributed by atoms with Crippen molar-refractivity contribution in [2.75, 3.05) is 13.7 Å². The number of ether oxygens (including phenoxy) is 1. The number of nitrogens with zero attached hydrogens (tertiary/aromatic N) is 1. The van der Waals surface area contributed by atoms with Crippen LogP contribution in [-0.4, -0.2) is 24.5 Å². The van der Waals surface area contributed by atoms with Gasteiger partial charge in [0, 0.05) is 19.9 Å². The molecule has 5 nitrogen and oxygen atoms in total. The standard InChI is InChI=1S/C17H25N3O2/c1-4-19-11-14-7-5-6-12(2)17(14,22-3)13-8-9-20-15(10-13)16(18)21/h8-12,19H,4-7H2,1-3H3,(H2,18,21)/b14-11+. The number of nitrogens with two attached hydrogens (primary N) is 1. The molecule has 0 saturated heterocycles. The van der Waals surface area contributed by atoms with Crippen molar-refractivity contribution in [3.05, 3.63) is 41.4 Å². The van der Waals surface area contributed by atoms with Crippen molar-refractivity contribution in [1.29, 1.82) is 0 Å². The van der Waals surface area contributed by atoms with Gasteiger partial charge in [0.15, 0.2) is 0 Å². The second-order valence-electron chi connectivity index (χ2n) is 5.75. The predicted molar refractivity (Wildman–Crippen MR) is 86.2 cm³/mol. The lowest BCUT2D eigenvalue weighted by Gasteiger charge is -2.44. The molecule has 1 amide bonds. The largest absolute Gasteiger partial charge is 0.391 e. The number of hydrogen-bond acceptors (Lipinski definition) is 4. The molecule has 2 atom stereocenters. The maximum atomic E-state index is 11.5. The summed E-state index contributed by atoms with van der Waals surface area (Å²) < 4.78 is 6.03. The third-order valence-corrected chi connectivity index (χ3v) is 4.50. The van der Waals surface area contributed by atoms with Crippen molar-refractivity contribution >= 4 is 5.91 Å². The Balaban J connectivity index is 2.55. The van der Waals surface area contributed by atoms with Crippen molar-refractivity contribution in [2.24, 2.45) is 11.7 Å². The van der Waals surface area contributed by atoms with Crippen LogP contribution in [0.3, 0.4) is 0 Å². The van der Waals surface area contributed by atoms with Crippen molar-refractivity contribution in [1.82, 2.24) is 10.3 Å². The molecule has 0 radical (unpaired) electrons. The Labute approximate surface area is 131 Å². The lowest BCUT2D eigenvalue weighted by Crippen LogP contribution is -2.41. The first-order chi connectivity index (χ1) is 10.6. The van der Waals surface area contributed by atoms with Gasteiger partial charge in [0.25, 0.3) is 5.91 Å². The van der Waals surface area contributed by atoms with Crippen LogP contribution in [0, 0.1) is 5.92 Å². The number of primary amides is 1. The van der Waals surface area contributed by atoms with Gasteiger partial charge in [0.1, 0.15) is 11.3 Å². The van der Waals surface area contributed by atoms with Gasteiger partial charge in [-0.2, -0.15) is 0 Å². The van der Waals surface area contributed by atoms with Crippen molar-refractivity contribution in [3.8, 4) is 0 Å². The van der Waals surface area contributed by atoms with Gasteiger partial charge in [-0.05, 0) is 61.6 Å². The predicted octanol–water partition coefficient (Wildman–Crippen LogP) is 2.34. The second-order valence-corrected chi connectivity index (χ2v) is 5.75. The van der Waals surface area contributed by atoms with E-state index in [0.717, 1.165) is 31.4 Å². The smallest absolute Gasteiger partial charge is 0.267 e. The molecule has 0 spiro atoms. The number of methoxy groups -OCH3 is 1. The van der Waals surface area contributed by atoms with E-state index >= 15 is 0 Å². The highest BCUT2D eigenvalue weighted by Crippen LogP contribution is 2.47. The fraction of sp³-hybridized carbons (Fsp3) is 0.529. The van der Waals surface area contributed by atoms with Gasteiger partial charge in [-0.1, -0.05) is 6.92 Å². The van der Waals surface area contributed by atoms with Gasteiger partial charge < -0.3 is 15.8 Å².